The summed E-state index contributed by atoms with van der Waals surface area (Å²) in [4.78, 5) is 43.6. The second-order valence-corrected chi connectivity index (χ2v) is 7.67. The number of rotatable bonds is 4. The second kappa shape index (κ2) is 6.27. The van der Waals surface area contributed by atoms with E-state index in [1.165, 1.54) is 34.4 Å². The van der Waals surface area contributed by atoms with Gasteiger partial charge in [0.2, 0.25) is 4.96 Å². The lowest BCUT2D eigenvalue weighted by Gasteiger charge is -2.15. The van der Waals surface area contributed by atoms with Crippen molar-refractivity contribution in [1.29, 1.82) is 0 Å². The Morgan fingerprint density at radius 2 is 1.96 bits per heavy atom. The number of carbonyl (C=O) groups excluding carboxylic acids is 3. The molecule has 0 saturated heterocycles. The highest BCUT2D eigenvalue weighted by molar-refractivity contribution is 7.15. The van der Waals surface area contributed by atoms with E-state index in [4.69, 9.17) is 0 Å². The Morgan fingerprint density at radius 3 is 2.67 bits per heavy atom. The van der Waals surface area contributed by atoms with Gasteiger partial charge in [0.15, 0.2) is 0 Å². The molecule has 0 spiro atoms. The topological polar surface area (TPSA) is 96.7 Å². The molecular weight excluding hydrogens is 366 g/mol. The van der Waals surface area contributed by atoms with Gasteiger partial charge in [0, 0.05) is 17.5 Å². The number of benzene rings is 1. The third kappa shape index (κ3) is 2.89. The predicted molar refractivity (Wildman–Crippen MR) is 100 cm³/mol. The maximum atomic E-state index is 12.5. The molecule has 0 bridgehead atoms. The van der Waals surface area contributed by atoms with Crippen molar-refractivity contribution in [3.63, 3.8) is 0 Å². The molecule has 9 heteroatoms. The predicted octanol–water partition coefficient (Wildman–Crippen LogP) is 2.60. The molecule has 0 unspecified atom stereocenters. The zero-order valence-corrected chi connectivity index (χ0v) is 15.8. The fourth-order valence-corrected chi connectivity index (χ4v) is 3.78. The third-order valence-electron chi connectivity index (χ3n) is 4.25. The number of imide groups is 1. The van der Waals surface area contributed by atoms with Crippen LogP contribution < -0.4 is 5.32 Å². The standard InChI is InChI=1S/C18H17N5O3S/c1-9(2)7-22-15(25)12-5-4-11(6-13(12)16(22)26)14(24)19-17-20-18-23(21-17)10(3)8-27-18/h4-6,8-9H,7H2,1-3H3,(H,19,21,24). The maximum absolute atomic E-state index is 12.5. The Morgan fingerprint density at radius 1 is 1.22 bits per heavy atom. The van der Waals surface area contributed by atoms with Crippen molar-refractivity contribution in [1.82, 2.24) is 19.5 Å². The van der Waals surface area contributed by atoms with Crippen LogP contribution in [0.15, 0.2) is 23.6 Å². The highest BCUT2D eigenvalue weighted by Crippen LogP contribution is 2.25. The smallest absolute Gasteiger partial charge is 0.261 e. The van der Waals surface area contributed by atoms with Crippen molar-refractivity contribution >= 4 is 40.0 Å². The molecule has 27 heavy (non-hydrogen) atoms. The molecule has 8 nitrogen and oxygen atoms in total. The van der Waals surface area contributed by atoms with Crippen molar-refractivity contribution < 1.29 is 14.4 Å². The van der Waals surface area contributed by atoms with Gasteiger partial charge in [-0.2, -0.15) is 4.98 Å². The number of aryl methyl sites for hydroxylation is 1. The molecule has 3 amide bonds. The van der Waals surface area contributed by atoms with E-state index in [1.807, 2.05) is 26.2 Å². The average Bonchev–Trinajstić information content (AvgIpc) is 3.25. The number of fused-ring (bicyclic) bond motifs is 2. The van der Waals surface area contributed by atoms with Crippen molar-refractivity contribution in [3.8, 4) is 0 Å². The number of hydrogen-bond acceptors (Lipinski definition) is 6. The van der Waals surface area contributed by atoms with Crippen LogP contribution in [0.25, 0.3) is 4.96 Å². The minimum absolute atomic E-state index is 0.166. The molecule has 0 fully saturated rings. The summed E-state index contributed by atoms with van der Waals surface area (Å²) in [5, 5.41) is 8.80. The molecule has 1 N–H and O–H groups in total. The lowest BCUT2D eigenvalue weighted by atomic mass is 10.1. The Hall–Kier alpha value is -3.07. The lowest BCUT2D eigenvalue weighted by molar-refractivity contribution is 0.0636. The summed E-state index contributed by atoms with van der Waals surface area (Å²) >= 11 is 1.43. The quantitative estimate of drug-likeness (QED) is 0.699. The third-order valence-corrected chi connectivity index (χ3v) is 5.19. The molecule has 1 aliphatic heterocycles. The summed E-state index contributed by atoms with van der Waals surface area (Å²) in [7, 11) is 0. The molecule has 1 aromatic carbocycles. The first kappa shape index (κ1) is 17.3. The van der Waals surface area contributed by atoms with Crippen molar-refractivity contribution in [2.24, 2.45) is 5.92 Å². The summed E-state index contributed by atoms with van der Waals surface area (Å²) in [5.41, 5.74) is 1.78. The number of thiazole rings is 1. The summed E-state index contributed by atoms with van der Waals surface area (Å²) in [6.45, 7) is 6.12. The normalized spacial score (nSPS) is 13.7. The molecule has 0 aliphatic carbocycles. The Bertz CT molecular complexity index is 1100. The number of nitrogens with zero attached hydrogens (tertiary/aromatic N) is 4. The van der Waals surface area contributed by atoms with E-state index in [9.17, 15) is 14.4 Å². The van der Waals surface area contributed by atoms with Gasteiger partial charge in [-0.25, -0.2) is 4.52 Å². The van der Waals surface area contributed by atoms with E-state index in [-0.39, 0.29) is 34.8 Å². The highest BCUT2D eigenvalue weighted by atomic mass is 32.1. The zero-order valence-electron chi connectivity index (χ0n) is 15.0. The number of amides is 3. The van der Waals surface area contributed by atoms with E-state index in [1.54, 1.807) is 4.52 Å². The van der Waals surface area contributed by atoms with Crippen LogP contribution in [0.3, 0.4) is 0 Å². The number of nitrogens with one attached hydrogen (secondary N) is 1. The van der Waals surface area contributed by atoms with Crippen molar-refractivity contribution in [3.05, 3.63) is 46.0 Å². The van der Waals surface area contributed by atoms with Gasteiger partial charge >= 0.3 is 0 Å². The molecule has 4 rings (SSSR count). The fourth-order valence-electron chi connectivity index (χ4n) is 2.98. The molecule has 2 aromatic heterocycles. The summed E-state index contributed by atoms with van der Waals surface area (Å²) < 4.78 is 1.65. The summed E-state index contributed by atoms with van der Waals surface area (Å²) in [6.07, 6.45) is 0. The van der Waals surface area contributed by atoms with Gasteiger partial charge in [0.05, 0.1) is 16.8 Å². The van der Waals surface area contributed by atoms with Gasteiger partial charge in [-0.3, -0.25) is 24.6 Å². The van der Waals surface area contributed by atoms with Crippen LogP contribution in [0, 0.1) is 12.8 Å². The minimum Gasteiger partial charge on any atom is -0.289 e. The molecule has 0 saturated carbocycles. The van der Waals surface area contributed by atoms with E-state index >= 15 is 0 Å². The first-order valence-electron chi connectivity index (χ1n) is 8.47. The maximum Gasteiger partial charge on any atom is 0.261 e. The molecule has 0 atom stereocenters. The first-order chi connectivity index (χ1) is 12.8. The molecular formula is C18H17N5O3S. The zero-order chi connectivity index (χ0) is 19.3. The Kier molecular flexibility index (Phi) is 4.03. The first-order valence-corrected chi connectivity index (χ1v) is 9.35. The van der Waals surface area contributed by atoms with Crippen LogP contribution in [0.2, 0.25) is 0 Å². The van der Waals surface area contributed by atoms with E-state index < -0.39 is 5.91 Å². The summed E-state index contributed by atoms with van der Waals surface area (Å²) in [5.74, 6) is -0.758. The van der Waals surface area contributed by atoms with Crippen molar-refractivity contribution in [2.75, 3.05) is 11.9 Å². The van der Waals surface area contributed by atoms with Crippen molar-refractivity contribution in [2.45, 2.75) is 20.8 Å². The van der Waals surface area contributed by atoms with Crippen LogP contribution in [0.4, 0.5) is 5.95 Å². The minimum atomic E-state index is -0.434. The Balaban J connectivity index is 1.59. The molecule has 0 radical (unpaired) electrons. The van der Waals surface area contributed by atoms with Gasteiger partial charge in [-0.15, -0.1) is 16.4 Å². The monoisotopic (exact) mass is 383 g/mol. The molecule has 138 valence electrons. The highest BCUT2D eigenvalue weighted by Gasteiger charge is 2.36. The molecule has 3 heterocycles. The average molecular weight is 383 g/mol. The largest absolute Gasteiger partial charge is 0.289 e. The number of anilines is 1. The van der Waals surface area contributed by atoms with Gasteiger partial charge in [0.25, 0.3) is 23.7 Å². The van der Waals surface area contributed by atoms with E-state index in [0.717, 1.165) is 5.69 Å². The number of aromatic nitrogens is 3. The van der Waals surface area contributed by atoms with Crippen LogP contribution in [0.5, 0.6) is 0 Å². The van der Waals surface area contributed by atoms with Crippen LogP contribution in [-0.4, -0.2) is 43.8 Å². The van der Waals surface area contributed by atoms with Gasteiger partial charge in [-0.05, 0) is 31.0 Å². The van der Waals surface area contributed by atoms with E-state index in [2.05, 4.69) is 15.4 Å². The number of hydrogen-bond donors (Lipinski definition) is 1. The molecule has 1 aliphatic rings. The fraction of sp³-hybridized carbons (Fsp3) is 0.278. The van der Waals surface area contributed by atoms with Crippen LogP contribution in [-0.2, 0) is 0 Å². The van der Waals surface area contributed by atoms with E-state index in [0.29, 0.717) is 17.1 Å². The molecule has 3 aromatic rings. The van der Waals surface area contributed by atoms with Gasteiger partial charge < -0.3 is 0 Å². The number of carbonyl (C=O) groups is 3. The SMILES string of the molecule is Cc1csc2nc(NC(=O)c3ccc4c(c3)C(=O)N(CC(C)C)C4=O)nn12. The summed E-state index contributed by atoms with van der Waals surface area (Å²) in [6, 6.07) is 4.50. The Labute approximate surface area is 158 Å². The second-order valence-electron chi connectivity index (χ2n) is 6.84. The lowest BCUT2D eigenvalue weighted by Crippen LogP contribution is -2.33. The van der Waals surface area contributed by atoms with Crippen LogP contribution >= 0.6 is 11.3 Å². The van der Waals surface area contributed by atoms with Gasteiger partial charge in [-0.1, -0.05) is 13.8 Å². The van der Waals surface area contributed by atoms with Gasteiger partial charge in [0.1, 0.15) is 0 Å². The van der Waals surface area contributed by atoms with Crippen LogP contribution in [0.1, 0.15) is 50.6 Å².